The number of aromatic amines is 1. The molecule has 1 aliphatic heterocycles. The summed E-state index contributed by atoms with van der Waals surface area (Å²) in [7, 11) is 0.999. The van der Waals surface area contributed by atoms with Crippen LogP contribution in [0.3, 0.4) is 0 Å². The first-order chi connectivity index (χ1) is 9.38. The number of aromatic nitrogens is 2. The minimum Gasteiger partial charge on any atom is -0.303 e. The fourth-order valence-corrected chi connectivity index (χ4v) is 3.16. The summed E-state index contributed by atoms with van der Waals surface area (Å²) in [6, 6.07) is 0. The van der Waals surface area contributed by atoms with E-state index in [0.29, 0.717) is 13.0 Å². The number of rotatable bonds is 5. The quantitative estimate of drug-likeness (QED) is 0.768. The molecule has 0 amide bonds. The van der Waals surface area contributed by atoms with Crippen molar-refractivity contribution in [3.63, 3.8) is 0 Å². The van der Waals surface area contributed by atoms with Gasteiger partial charge in [-0.2, -0.15) is 0 Å². The SMILES string of the molecule is O=c1[nH]c(=O)n(CCCN2CCCC2)cc1S(=O)(=O)Cl. The molecule has 7 nitrogen and oxygen atoms in total. The van der Waals surface area contributed by atoms with Crippen molar-refractivity contribution in [1.82, 2.24) is 14.5 Å². The van der Waals surface area contributed by atoms with Crippen LogP contribution in [0.1, 0.15) is 19.3 Å². The highest BCUT2D eigenvalue weighted by molar-refractivity contribution is 8.13. The summed E-state index contributed by atoms with van der Waals surface area (Å²) in [4.78, 5) is 26.6. The molecule has 0 spiro atoms. The van der Waals surface area contributed by atoms with E-state index in [9.17, 15) is 18.0 Å². The summed E-state index contributed by atoms with van der Waals surface area (Å²) < 4.78 is 23.6. The number of hydrogen-bond donors (Lipinski definition) is 1. The number of halogens is 1. The highest BCUT2D eigenvalue weighted by Crippen LogP contribution is 2.09. The smallest absolute Gasteiger partial charge is 0.303 e. The van der Waals surface area contributed by atoms with E-state index in [1.807, 2.05) is 4.98 Å². The van der Waals surface area contributed by atoms with Crippen molar-refractivity contribution in [3.05, 3.63) is 27.0 Å². The first-order valence-corrected chi connectivity index (χ1v) is 8.69. The standard InChI is InChI=1S/C11H16ClN3O4S/c12-20(18,19)9-8-15(11(17)13-10(9)16)7-3-6-14-4-1-2-5-14/h8H,1-7H2,(H,13,16,17). The van der Waals surface area contributed by atoms with Crippen LogP contribution in [-0.4, -0.2) is 42.5 Å². The monoisotopic (exact) mass is 321 g/mol. The van der Waals surface area contributed by atoms with Crippen molar-refractivity contribution in [2.24, 2.45) is 0 Å². The topological polar surface area (TPSA) is 92.2 Å². The van der Waals surface area contributed by atoms with E-state index in [1.54, 1.807) is 0 Å². The second-order valence-electron chi connectivity index (χ2n) is 4.79. The minimum absolute atomic E-state index is 0.339. The zero-order valence-electron chi connectivity index (χ0n) is 10.8. The predicted molar refractivity (Wildman–Crippen MR) is 74.7 cm³/mol. The van der Waals surface area contributed by atoms with E-state index in [0.717, 1.165) is 25.8 Å². The van der Waals surface area contributed by atoms with Crippen LogP contribution in [0.25, 0.3) is 0 Å². The molecule has 0 saturated carbocycles. The zero-order chi connectivity index (χ0) is 14.8. The second-order valence-corrected chi connectivity index (χ2v) is 7.32. The van der Waals surface area contributed by atoms with Crippen molar-refractivity contribution in [2.75, 3.05) is 19.6 Å². The molecule has 0 aromatic carbocycles. The molecule has 1 aromatic heterocycles. The first kappa shape index (κ1) is 15.3. The average molecular weight is 322 g/mol. The Hall–Kier alpha value is -1.12. The van der Waals surface area contributed by atoms with E-state index < -0.39 is 25.2 Å². The van der Waals surface area contributed by atoms with Gasteiger partial charge in [-0.3, -0.25) is 14.3 Å². The van der Waals surface area contributed by atoms with Gasteiger partial charge in [0, 0.05) is 23.4 Å². The van der Waals surface area contributed by atoms with Gasteiger partial charge in [-0.15, -0.1) is 0 Å². The van der Waals surface area contributed by atoms with Crippen LogP contribution in [0.2, 0.25) is 0 Å². The van der Waals surface area contributed by atoms with Crippen LogP contribution in [0.15, 0.2) is 20.7 Å². The summed E-state index contributed by atoms with van der Waals surface area (Å²) in [6.07, 6.45) is 4.09. The van der Waals surface area contributed by atoms with Gasteiger partial charge < -0.3 is 4.90 Å². The molecule has 1 aromatic rings. The van der Waals surface area contributed by atoms with Crippen molar-refractivity contribution in [1.29, 1.82) is 0 Å². The highest BCUT2D eigenvalue weighted by Gasteiger charge is 2.17. The Morgan fingerprint density at radius 1 is 1.20 bits per heavy atom. The lowest BCUT2D eigenvalue weighted by Gasteiger charge is -2.14. The van der Waals surface area contributed by atoms with Crippen LogP contribution in [-0.2, 0) is 15.6 Å². The third-order valence-corrected chi connectivity index (χ3v) is 4.63. The number of hydrogen-bond acceptors (Lipinski definition) is 5. The molecular formula is C11H16ClN3O4S. The minimum atomic E-state index is -4.16. The van der Waals surface area contributed by atoms with Gasteiger partial charge in [-0.1, -0.05) is 0 Å². The van der Waals surface area contributed by atoms with Crippen LogP contribution in [0.4, 0.5) is 0 Å². The van der Waals surface area contributed by atoms with E-state index in [-0.39, 0.29) is 0 Å². The number of nitrogens with one attached hydrogen (secondary N) is 1. The van der Waals surface area contributed by atoms with Crippen LogP contribution < -0.4 is 11.2 Å². The van der Waals surface area contributed by atoms with Crippen molar-refractivity contribution < 1.29 is 8.42 Å². The number of nitrogens with zero attached hydrogens (tertiary/aromatic N) is 2. The van der Waals surface area contributed by atoms with E-state index >= 15 is 0 Å². The Bertz CT molecular complexity index is 688. The van der Waals surface area contributed by atoms with Crippen molar-refractivity contribution in [3.8, 4) is 0 Å². The van der Waals surface area contributed by atoms with Crippen LogP contribution in [0.5, 0.6) is 0 Å². The van der Waals surface area contributed by atoms with Gasteiger partial charge in [0.2, 0.25) is 0 Å². The van der Waals surface area contributed by atoms with E-state index in [1.165, 1.54) is 17.4 Å². The van der Waals surface area contributed by atoms with Crippen LogP contribution in [0, 0.1) is 0 Å². The van der Waals surface area contributed by atoms with Crippen LogP contribution >= 0.6 is 10.7 Å². The maximum absolute atomic E-state index is 11.6. The van der Waals surface area contributed by atoms with Crippen molar-refractivity contribution in [2.45, 2.75) is 30.7 Å². The largest absolute Gasteiger partial charge is 0.328 e. The van der Waals surface area contributed by atoms with Gasteiger partial charge in [0.05, 0.1) is 0 Å². The van der Waals surface area contributed by atoms with Gasteiger partial charge in [-0.25, -0.2) is 13.2 Å². The van der Waals surface area contributed by atoms with Crippen molar-refractivity contribution >= 4 is 19.7 Å². The third-order valence-electron chi connectivity index (χ3n) is 3.31. The molecule has 2 rings (SSSR count). The molecule has 0 unspecified atom stereocenters. The predicted octanol–water partition coefficient (Wildman–Crippen LogP) is -0.0500. The summed E-state index contributed by atoms with van der Waals surface area (Å²) >= 11 is 0. The Balaban J connectivity index is 2.11. The van der Waals surface area contributed by atoms with Gasteiger partial charge in [-0.05, 0) is 38.9 Å². The van der Waals surface area contributed by atoms with Gasteiger partial charge in [0.1, 0.15) is 0 Å². The number of aryl methyl sites for hydroxylation is 1. The van der Waals surface area contributed by atoms with E-state index in [4.69, 9.17) is 10.7 Å². The third kappa shape index (κ3) is 3.71. The first-order valence-electron chi connectivity index (χ1n) is 6.39. The Labute approximate surface area is 120 Å². The lowest BCUT2D eigenvalue weighted by molar-refractivity contribution is 0.323. The molecule has 20 heavy (non-hydrogen) atoms. The molecule has 1 N–H and O–H groups in total. The Kier molecular flexibility index (Phi) is 4.66. The summed E-state index contributed by atoms with van der Waals surface area (Å²) in [6.45, 7) is 3.30. The normalized spacial score (nSPS) is 16.6. The summed E-state index contributed by atoms with van der Waals surface area (Å²) in [5.41, 5.74) is -1.61. The average Bonchev–Trinajstić information content (AvgIpc) is 2.83. The van der Waals surface area contributed by atoms with Gasteiger partial charge in [0.25, 0.3) is 14.6 Å². The van der Waals surface area contributed by atoms with E-state index in [2.05, 4.69) is 4.90 Å². The van der Waals surface area contributed by atoms with Gasteiger partial charge in [0.15, 0.2) is 4.90 Å². The highest BCUT2D eigenvalue weighted by atomic mass is 35.7. The number of likely N-dealkylation sites (tertiary alicyclic amines) is 1. The Morgan fingerprint density at radius 3 is 2.45 bits per heavy atom. The molecular weight excluding hydrogens is 306 g/mol. The summed E-state index contributed by atoms with van der Waals surface area (Å²) in [5, 5.41) is 0. The molecule has 0 aliphatic carbocycles. The molecule has 112 valence electrons. The number of H-pyrrole nitrogens is 1. The molecule has 1 fully saturated rings. The fourth-order valence-electron chi connectivity index (χ4n) is 2.30. The zero-order valence-corrected chi connectivity index (χ0v) is 12.4. The molecule has 2 heterocycles. The molecule has 1 saturated heterocycles. The molecule has 1 aliphatic rings. The summed E-state index contributed by atoms with van der Waals surface area (Å²) in [5.74, 6) is 0. The fraction of sp³-hybridized carbons (Fsp3) is 0.636. The second kappa shape index (κ2) is 6.11. The molecule has 0 radical (unpaired) electrons. The Morgan fingerprint density at radius 2 is 1.85 bits per heavy atom. The van der Waals surface area contributed by atoms with Gasteiger partial charge >= 0.3 is 5.69 Å². The molecule has 0 bridgehead atoms. The maximum Gasteiger partial charge on any atom is 0.328 e. The lowest BCUT2D eigenvalue weighted by atomic mass is 10.4. The maximum atomic E-state index is 11.6. The lowest BCUT2D eigenvalue weighted by Crippen LogP contribution is -2.33. The molecule has 0 atom stereocenters. The molecule has 9 heteroatoms.